The number of esters is 1. The van der Waals surface area contributed by atoms with E-state index in [0.29, 0.717) is 23.4 Å². The minimum Gasteiger partial charge on any atom is -0.478 e. The van der Waals surface area contributed by atoms with Gasteiger partial charge in [0.05, 0.1) is 11.8 Å². The van der Waals surface area contributed by atoms with Gasteiger partial charge in [-0.1, -0.05) is 20.8 Å². The van der Waals surface area contributed by atoms with E-state index in [-0.39, 0.29) is 30.3 Å². The summed E-state index contributed by atoms with van der Waals surface area (Å²) in [5.41, 5.74) is 0.921. The molecule has 0 aromatic heterocycles. The lowest BCUT2D eigenvalue weighted by Crippen LogP contribution is -2.50. The summed E-state index contributed by atoms with van der Waals surface area (Å²) in [6, 6.07) is 4.97. The van der Waals surface area contributed by atoms with Crippen LogP contribution in [-0.4, -0.2) is 36.4 Å². The summed E-state index contributed by atoms with van der Waals surface area (Å²) in [5, 5.41) is 0. The molecule has 1 aromatic rings. The van der Waals surface area contributed by atoms with Crippen molar-refractivity contribution in [2.75, 3.05) is 11.4 Å². The molecule has 1 aliphatic heterocycles. The van der Waals surface area contributed by atoms with Gasteiger partial charge in [0.2, 0.25) is 0 Å². The molecule has 0 N–H and O–H groups in total. The zero-order valence-corrected chi connectivity index (χ0v) is 15.4. The zero-order valence-electron chi connectivity index (χ0n) is 15.4. The highest BCUT2D eigenvalue weighted by atomic mass is 16.5. The van der Waals surface area contributed by atoms with Crippen LogP contribution in [0.1, 0.15) is 51.4 Å². The van der Waals surface area contributed by atoms with Crippen molar-refractivity contribution in [3.05, 3.63) is 23.8 Å². The number of ether oxygens (including phenoxy) is 2. The van der Waals surface area contributed by atoms with Crippen LogP contribution in [0.4, 0.5) is 5.69 Å². The fourth-order valence-electron chi connectivity index (χ4n) is 2.68. The summed E-state index contributed by atoms with van der Waals surface area (Å²) < 4.78 is 11.0. The van der Waals surface area contributed by atoms with Crippen LogP contribution >= 0.6 is 0 Å². The second-order valence-corrected chi connectivity index (χ2v) is 6.70. The molecule has 1 aliphatic rings. The Morgan fingerprint density at radius 1 is 1.24 bits per heavy atom. The summed E-state index contributed by atoms with van der Waals surface area (Å²) in [7, 11) is 0. The van der Waals surface area contributed by atoms with E-state index in [1.165, 1.54) is 4.90 Å². The van der Waals surface area contributed by atoms with Crippen molar-refractivity contribution in [2.24, 2.45) is 5.92 Å². The average Bonchev–Trinajstić information content (AvgIpc) is 2.55. The molecule has 1 aromatic carbocycles. The van der Waals surface area contributed by atoms with Crippen molar-refractivity contribution >= 4 is 23.3 Å². The van der Waals surface area contributed by atoms with Crippen LogP contribution in [0.5, 0.6) is 5.75 Å². The van der Waals surface area contributed by atoms with Gasteiger partial charge in [-0.15, -0.1) is 0 Å². The van der Waals surface area contributed by atoms with Crippen LogP contribution in [0.15, 0.2) is 18.2 Å². The highest BCUT2D eigenvalue weighted by Gasteiger charge is 2.37. The number of hydrogen-bond acceptors (Lipinski definition) is 5. The van der Waals surface area contributed by atoms with E-state index >= 15 is 0 Å². The van der Waals surface area contributed by atoms with Crippen LogP contribution in [0.3, 0.4) is 0 Å². The smallest absolute Gasteiger partial charge is 0.326 e. The van der Waals surface area contributed by atoms with Gasteiger partial charge in [0.15, 0.2) is 11.9 Å². The normalized spacial score (nSPS) is 16.7. The van der Waals surface area contributed by atoms with Gasteiger partial charge in [0.25, 0.3) is 5.91 Å². The lowest BCUT2D eigenvalue weighted by atomic mass is 10.0. The van der Waals surface area contributed by atoms with Crippen molar-refractivity contribution in [2.45, 2.75) is 53.2 Å². The first-order valence-corrected chi connectivity index (χ1v) is 8.59. The number of carbonyl (C=O) groups excluding carboxylic acids is 3. The van der Waals surface area contributed by atoms with E-state index in [1.807, 2.05) is 13.8 Å². The van der Waals surface area contributed by atoms with Gasteiger partial charge in [-0.05, 0) is 38.0 Å². The van der Waals surface area contributed by atoms with Gasteiger partial charge in [-0.25, -0.2) is 0 Å². The predicted octanol–water partition coefficient (Wildman–Crippen LogP) is 2.98. The first-order valence-electron chi connectivity index (χ1n) is 8.59. The lowest BCUT2D eigenvalue weighted by molar-refractivity contribution is -0.147. The topological polar surface area (TPSA) is 72.9 Å². The minimum absolute atomic E-state index is 0.0362. The van der Waals surface area contributed by atoms with Crippen molar-refractivity contribution < 1.29 is 23.9 Å². The Labute approximate surface area is 148 Å². The van der Waals surface area contributed by atoms with Crippen LogP contribution in [0.25, 0.3) is 0 Å². The van der Waals surface area contributed by atoms with E-state index < -0.39 is 12.1 Å². The van der Waals surface area contributed by atoms with Crippen LogP contribution in [0, 0.1) is 5.92 Å². The third-order valence-corrected chi connectivity index (χ3v) is 3.92. The van der Waals surface area contributed by atoms with Crippen LogP contribution < -0.4 is 9.64 Å². The number of rotatable bonds is 6. The standard InChI is InChI=1S/C19H25NO5/c1-6-15(21)13-7-8-16-14(9-13)20(10-17(22)24-12(4)5)19(23)18(25-16)11(2)3/h7-9,11-12,18H,6,10H2,1-5H3. The molecule has 6 nitrogen and oxygen atoms in total. The number of nitrogens with zero attached hydrogens (tertiary/aromatic N) is 1. The Bertz CT molecular complexity index is 680. The first kappa shape index (κ1) is 19.0. The molecule has 0 spiro atoms. The molecule has 0 bridgehead atoms. The molecule has 1 heterocycles. The van der Waals surface area contributed by atoms with Crippen LogP contribution in [-0.2, 0) is 14.3 Å². The largest absolute Gasteiger partial charge is 0.478 e. The summed E-state index contributed by atoms with van der Waals surface area (Å²) in [5.74, 6) is -0.398. The van der Waals surface area contributed by atoms with Gasteiger partial charge in [0.1, 0.15) is 12.3 Å². The van der Waals surface area contributed by atoms with E-state index in [4.69, 9.17) is 9.47 Å². The lowest BCUT2D eigenvalue weighted by Gasteiger charge is -2.35. The third-order valence-electron chi connectivity index (χ3n) is 3.92. The number of amides is 1. The molecular formula is C19H25NO5. The molecule has 0 radical (unpaired) electrons. The van der Waals surface area contributed by atoms with Gasteiger partial charge < -0.3 is 9.47 Å². The number of fused-ring (bicyclic) bond motifs is 1. The molecule has 1 unspecified atom stereocenters. The molecule has 0 fully saturated rings. The van der Waals surface area contributed by atoms with E-state index in [2.05, 4.69) is 0 Å². The van der Waals surface area contributed by atoms with Crippen molar-refractivity contribution in [1.29, 1.82) is 0 Å². The van der Waals surface area contributed by atoms with Crippen molar-refractivity contribution in [3.63, 3.8) is 0 Å². The summed E-state index contributed by atoms with van der Waals surface area (Å²) in [6.45, 7) is 8.83. The van der Waals surface area contributed by atoms with Crippen LogP contribution in [0.2, 0.25) is 0 Å². The Morgan fingerprint density at radius 3 is 2.48 bits per heavy atom. The fourth-order valence-corrected chi connectivity index (χ4v) is 2.68. The average molecular weight is 347 g/mol. The first-order chi connectivity index (χ1) is 11.7. The Kier molecular flexibility index (Phi) is 5.82. The van der Waals surface area contributed by atoms with E-state index in [9.17, 15) is 14.4 Å². The van der Waals surface area contributed by atoms with Crippen molar-refractivity contribution in [1.82, 2.24) is 0 Å². The van der Waals surface area contributed by atoms with Crippen molar-refractivity contribution in [3.8, 4) is 5.75 Å². The SMILES string of the molecule is CCC(=O)c1ccc2c(c1)N(CC(=O)OC(C)C)C(=O)C(C(C)C)O2. The second-order valence-electron chi connectivity index (χ2n) is 6.70. The maximum absolute atomic E-state index is 12.8. The molecule has 136 valence electrons. The number of anilines is 1. The highest BCUT2D eigenvalue weighted by Crippen LogP contribution is 2.36. The summed E-state index contributed by atoms with van der Waals surface area (Å²) in [4.78, 5) is 38.3. The third kappa shape index (κ3) is 4.18. The van der Waals surface area contributed by atoms with Gasteiger partial charge in [-0.3, -0.25) is 19.3 Å². The Balaban J connectivity index is 2.42. The minimum atomic E-state index is -0.674. The molecule has 0 saturated carbocycles. The molecule has 2 rings (SSSR count). The molecule has 25 heavy (non-hydrogen) atoms. The molecule has 1 atom stereocenters. The number of ketones is 1. The van der Waals surface area contributed by atoms with Gasteiger partial charge in [0, 0.05) is 12.0 Å². The zero-order chi connectivity index (χ0) is 18.7. The molecule has 6 heteroatoms. The maximum atomic E-state index is 12.8. The number of carbonyl (C=O) groups is 3. The predicted molar refractivity (Wildman–Crippen MR) is 93.9 cm³/mol. The molecule has 0 aliphatic carbocycles. The Morgan fingerprint density at radius 2 is 1.92 bits per heavy atom. The number of benzene rings is 1. The fraction of sp³-hybridized carbons (Fsp3) is 0.526. The van der Waals surface area contributed by atoms with Gasteiger partial charge in [-0.2, -0.15) is 0 Å². The quantitative estimate of drug-likeness (QED) is 0.584. The monoisotopic (exact) mass is 347 g/mol. The van der Waals surface area contributed by atoms with Gasteiger partial charge >= 0.3 is 5.97 Å². The van der Waals surface area contributed by atoms with E-state index in [1.54, 1.807) is 39.0 Å². The number of hydrogen-bond donors (Lipinski definition) is 0. The molecule has 1 amide bonds. The summed E-state index contributed by atoms with van der Waals surface area (Å²) >= 11 is 0. The highest BCUT2D eigenvalue weighted by molar-refractivity contribution is 6.05. The van der Waals surface area contributed by atoms with E-state index in [0.717, 1.165) is 0 Å². The molecular weight excluding hydrogens is 322 g/mol. The Hall–Kier alpha value is -2.37. The number of Topliss-reactive ketones (excluding diaryl/α,β-unsaturated/α-hetero) is 1. The second kappa shape index (κ2) is 7.68. The molecule has 0 saturated heterocycles. The maximum Gasteiger partial charge on any atom is 0.326 e. The summed E-state index contributed by atoms with van der Waals surface area (Å²) in [6.07, 6.45) is -0.582.